The van der Waals surface area contributed by atoms with Gasteiger partial charge in [0, 0.05) is 25.7 Å². The maximum absolute atomic E-state index is 6.25. The largest absolute Gasteiger partial charge is 0.326 e. The van der Waals surface area contributed by atoms with Gasteiger partial charge in [-0.1, -0.05) is 54.9 Å². The van der Waals surface area contributed by atoms with Crippen LogP contribution in [0.5, 0.6) is 0 Å². The molecule has 0 aromatic rings. The topological polar surface area (TPSA) is 41.3 Å². The van der Waals surface area contributed by atoms with Crippen LogP contribution in [0.2, 0.25) is 0 Å². The summed E-state index contributed by atoms with van der Waals surface area (Å²) in [5.41, 5.74) is 10.0. The third-order valence-electron chi connectivity index (χ3n) is 4.59. The highest BCUT2D eigenvalue weighted by Gasteiger charge is 2.25. The van der Waals surface area contributed by atoms with Crippen LogP contribution in [0.4, 0.5) is 0 Å². The fourth-order valence-electron chi connectivity index (χ4n) is 2.25. The van der Waals surface area contributed by atoms with Gasteiger partial charge in [-0.25, -0.2) is 5.01 Å². The molecule has 116 valence electrons. The van der Waals surface area contributed by atoms with Crippen molar-refractivity contribution in [2.24, 2.45) is 23.0 Å². The Morgan fingerprint density at radius 3 is 2.00 bits per heavy atom. The van der Waals surface area contributed by atoms with Crippen LogP contribution in [0.15, 0.2) is 0 Å². The monoisotopic (exact) mass is 271 g/mol. The average Bonchev–Trinajstić information content (AvgIpc) is 2.32. The van der Waals surface area contributed by atoms with E-state index in [0.717, 1.165) is 18.9 Å². The fourth-order valence-corrected chi connectivity index (χ4v) is 2.25. The SMILES string of the molecule is CCC(C)C(C)[C@H](CC)NN(C)C[C@H](N)C(C)(C)C. The second-order valence-electron chi connectivity index (χ2n) is 7.24. The fraction of sp³-hybridized carbons (Fsp3) is 1.00. The number of hydrazine groups is 1. The first-order valence-corrected chi connectivity index (χ1v) is 7.86. The normalized spacial score (nSPS) is 19.3. The Morgan fingerprint density at radius 2 is 1.63 bits per heavy atom. The van der Waals surface area contributed by atoms with E-state index in [9.17, 15) is 0 Å². The average molecular weight is 271 g/mol. The summed E-state index contributed by atoms with van der Waals surface area (Å²) in [6, 6.07) is 0.716. The third kappa shape index (κ3) is 6.73. The van der Waals surface area contributed by atoms with Crippen LogP contribution in [-0.2, 0) is 0 Å². The van der Waals surface area contributed by atoms with Crippen molar-refractivity contribution in [3.63, 3.8) is 0 Å². The van der Waals surface area contributed by atoms with Gasteiger partial charge >= 0.3 is 0 Å². The van der Waals surface area contributed by atoms with E-state index in [1.54, 1.807) is 0 Å². The summed E-state index contributed by atoms with van der Waals surface area (Å²) < 4.78 is 0. The van der Waals surface area contributed by atoms with E-state index in [4.69, 9.17) is 5.73 Å². The van der Waals surface area contributed by atoms with Crippen molar-refractivity contribution < 1.29 is 0 Å². The van der Waals surface area contributed by atoms with Crippen LogP contribution < -0.4 is 11.2 Å². The number of nitrogens with two attached hydrogens (primary N) is 1. The predicted molar refractivity (Wildman–Crippen MR) is 85.9 cm³/mol. The molecule has 0 saturated carbocycles. The standard InChI is InChI=1S/C16H37N3/c1-9-12(3)13(4)14(10-2)18-19(8)11-15(17)16(5,6)7/h12-15,18H,9-11,17H2,1-8H3/t12?,13?,14-,15-/m0/s1. The van der Waals surface area contributed by atoms with E-state index in [1.807, 2.05) is 0 Å². The molecule has 0 fully saturated rings. The first-order valence-electron chi connectivity index (χ1n) is 7.86. The van der Waals surface area contributed by atoms with Gasteiger partial charge in [-0.05, 0) is 23.7 Å². The number of nitrogens with zero attached hydrogens (tertiary/aromatic N) is 1. The summed E-state index contributed by atoms with van der Waals surface area (Å²) in [6.45, 7) is 16.7. The Morgan fingerprint density at radius 1 is 1.11 bits per heavy atom. The molecular formula is C16H37N3. The van der Waals surface area contributed by atoms with Crippen LogP contribution in [-0.4, -0.2) is 30.7 Å². The van der Waals surface area contributed by atoms with Crippen LogP contribution >= 0.6 is 0 Å². The van der Waals surface area contributed by atoms with E-state index in [2.05, 4.69) is 65.9 Å². The molecule has 0 rings (SSSR count). The molecule has 0 aromatic carbocycles. The molecule has 0 bridgehead atoms. The highest BCUT2D eigenvalue weighted by Crippen LogP contribution is 2.21. The van der Waals surface area contributed by atoms with Crippen LogP contribution in [0, 0.1) is 17.3 Å². The Labute approximate surface area is 121 Å². The van der Waals surface area contributed by atoms with Crippen LogP contribution in [0.25, 0.3) is 0 Å². The molecule has 0 saturated heterocycles. The molecule has 3 nitrogen and oxygen atoms in total. The van der Waals surface area contributed by atoms with Crippen LogP contribution in [0.3, 0.4) is 0 Å². The first kappa shape index (κ1) is 18.9. The minimum Gasteiger partial charge on any atom is -0.326 e. The lowest BCUT2D eigenvalue weighted by atomic mass is 9.86. The van der Waals surface area contributed by atoms with Gasteiger partial charge in [-0.15, -0.1) is 0 Å². The summed E-state index contributed by atoms with van der Waals surface area (Å²) in [4.78, 5) is 0. The quantitative estimate of drug-likeness (QED) is 0.666. The Kier molecular flexibility index (Phi) is 8.18. The van der Waals surface area contributed by atoms with Crippen molar-refractivity contribution in [2.45, 2.75) is 73.4 Å². The molecule has 0 aromatic heterocycles. The lowest BCUT2D eigenvalue weighted by molar-refractivity contribution is 0.117. The number of hydrogen-bond acceptors (Lipinski definition) is 3. The lowest BCUT2D eigenvalue weighted by Crippen LogP contribution is -2.52. The molecule has 3 heteroatoms. The molecule has 0 radical (unpaired) electrons. The van der Waals surface area contributed by atoms with Gasteiger partial charge in [0.15, 0.2) is 0 Å². The highest BCUT2D eigenvalue weighted by atomic mass is 15.5. The van der Waals surface area contributed by atoms with Crippen molar-refractivity contribution in [3.8, 4) is 0 Å². The van der Waals surface area contributed by atoms with Crippen molar-refractivity contribution in [3.05, 3.63) is 0 Å². The number of rotatable bonds is 8. The van der Waals surface area contributed by atoms with Crippen LogP contribution in [0.1, 0.15) is 61.3 Å². The zero-order valence-corrected chi connectivity index (χ0v) is 14.5. The van der Waals surface area contributed by atoms with E-state index >= 15 is 0 Å². The van der Waals surface area contributed by atoms with Gasteiger partial charge < -0.3 is 5.73 Å². The smallest absolute Gasteiger partial charge is 0.0285 e. The Bertz CT molecular complexity index is 235. The van der Waals surface area contributed by atoms with Crippen molar-refractivity contribution in [1.82, 2.24) is 10.4 Å². The second kappa shape index (κ2) is 8.23. The molecule has 0 heterocycles. The minimum absolute atomic E-state index is 0.153. The third-order valence-corrected chi connectivity index (χ3v) is 4.59. The molecule has 0 spiro atoms. The number of likely N-dealkylation sites (N-methyl/N-ethyl adjacent to an activating group) is 1. The molecule has 4 atom stereocenters. The van der Waals surface area contributed by atoms with Gasteiger partial charge in [-0.3, -0.25) is 5.43 Å². The summed E-state index contributed by atoms with van der Waals surface area (Å²) in [5, 5.41) is 2.18. The number of hydrogen-bond donors (Lipinski definition) is 2. The van der Waals surface area contributed by atoms with E-state index < -0.39 is 0 Å². The molecule has 0 aliphatic carbocycles. The summed E-state index contributed by atoms with van der Waals surface area (Å²) >= 11 is 0. The number of nitrogens with one attached hydrogen (secondary N) is 1. The maximum atomic E-state index is 6.25. The summed E-state index contributed by atoms with van der Waals surface area (Å²) in [7, 11) is 2.11. The van der Waals surface area contributed by atoms with Crippen molar-refractivity contribution in [2.75, 3.05) is 13.6 Å². The lowest BCUT2D eigenvalue weighted by Gasteiger charge is -2.36. The van der Waals surface area contributed by atoms with Gasteiger partial charge in [0.1, 0.15) is 0 Å². The summed E-state index contributed by atoms with van der Waals surface area (Å²) in [5.74, 6) is 1.44. The Hall–Kier alpha value is -0.120. The zero-order valence-electron chi connectivity index (χ0n) is 14.5. The molecule has 0 aliphatic rings. The Balaban J connectivity index is 4.39. The molecule has 0 aliphatic heterocycles. The molecule has 19 heavy (non-hydrogen) atoms. The van der Waals surface area contributed by atoms with Gasteiger partial charge in [-0.2, -0.15) is 0 Å². The molecular weight excluding hydrogens is 234 g/mol. The highest BCUT2D eigenvalue weighted by molar-refractivity contribution is 4.80. The van der Waals surface area contributed by atoms with Crippen molar-refractivity contribution in [1.29, 1.82) is 0 Å². The van der Waals surface area contributed by atoms with E-state index in [0.29, 0.717) is 12.0 Å². The maximum Gasteiger partial charge on any atom is 0.0285 e. The molecule has 2 unspecified atom stereocenters. The van der Waals surface area contributed by atoms with Gasteiger partial charge in [0.25, 0.3) is 0 Å². The molecule has 0 amide bonds. The minimum atomic E-state index is 0.153. The van der Waals surface area contributed by atoms with E-state index in [1.165, 1.54) is 6.42 Å². The first-order chi connectivity index (χ1) is 8.63. The summed E-state index contributed by atoms with van der Waals surface area (Å²) in [6.07, 6.45) is 2.39. The van der Waals surface area contributed by atoms with E-state index in [-0.39, 0.29) is 11.5 Å². The van der Waals surface area contributed by atoms with Crippen molar-refractivity contribution >= 4 is 0 Å². The zero-order chi connectivity index (χ0) is 15.2. The van der Waals surface area contributed by atoms with Gasteiger partial charge in [0.05, 0.1) is 0 Å². The van der Waals surface area contributed by atoms with Gasteiger partial charge in [0.2, 0.25) is 0 Å². The molecule has 3 N–H and O–H groups in total. The predicted octanol–water partition coefficient (Wildman–Crippen LogP) is 3.26. The second-order valence-corrected chi connectivity index (χ2v) is 7.24.